The van der Waals surface area contributed by atoms with E-state index in [1.807, 2.05) is 0 Å². The van der Waals surface area contributed by atoms with Crippen molar-refractivity contribution in [3.63, 3.8) is 0 Å². The van der Waals surface area contributed by atoms with E-state index >= 15 is 0 Å². The monoisotopic (exact) mass is 276 g/mol. The molecule has 1 fully saturated rings. The highest BCUT2D eigenvalue weighted by Crippen LogP contribution is 2.41. The van der Waals surface area contributed by atoms with Crippen LogP contribution in [0.25, 0.3) is 0 Å². The maximum Gasteiger partial charge on any atom is 0.248 e. The van der Waals surface area contributed by atoms with E-state index in [1.54, 1.807) is 0 Å². The fourth-order valence-corrected chi connectivity index (χ4v) is 2.63. The van der Waals surface area contributed by atoms with Crippen molar-refractivity contribution in [2.45, 2.75) is 37.6 Å². The number of alkyl halides is 2. The van der Waals surface area contributed by atoms with Gasteiger partial charge >= 0.3 is 0 Å². The predicted octanol–water partition coefficient (Wildman–Crippen LogP) is 3.29. The fraction of sp³-hybridized carbons (Fsp3) is 0.538. The van der Waals surface area contributed by atoms with Gasteiger partial charge in [-0.25, -0.2) is 17.6 Å². The molecule has 1 aliphatic carbocycles. The Morgan fingerprint density at radius 1 is 1.21 bits per heavy atom. The standard InChI is InChI=1S/C13H16F4N2/c14-9-1-2-10(11(15)7-9)12(19-18)8-3-5-13(16,17)6-4-8/h1-2,7-8,12,19H,3-6,18H2. The van der Waals surface area contributed by atoms with Gasteiger partial charge in [-0.2, -0.15) is 0 Å². The third kappa shape index (κ3) is 3.25. The molecule has 106 valence electrons. The highest BCUT2D eigenvalue weighted by Gasteiger charge is 2.38. The van der Waals surface area contributed by atoms with Crippen LogP contribution in [0.3, 0.4) is 0 Å². The van der Waals surface area contributed by atoms with E-state index in [2.05, 4.69) is 5.43 Å². The molecule has 0 bridgehead atoms. The van der Waals surface area contributed by atoms with Gasteiger partial charge in [-0.1, -0.05) is 6.07 Å². The lowest BCUT2D eigenvalue weighted by Gasteiger charge is -2.33. The fourth-order valence-electron chi connectivity index (χ4n) is 2.63. The van der Waals surface area contributed by atoms with Crippen molar-refractivity contribution < 1.29 is 17.6 Å². The Morgan fingerprint density at radius 2 is 1.84 bits per heavy atom. The topological polar surface area (TPSA) is 38.0 Å². The first-order valence-electron chi connectivity index (χ1n) is 6.22. The molecule has 6 heteroatoms. The van der Waals surface area contributed by atoms with Crippen LogP contribution in [0, 0.1) is 17.6 Å². The summed E-state index contributed by atoms with van der Waals surface area (Å²) in [5.74, 6) is 1.21. The van der Waals surface area contributed by atoms with Gasteiger partial charge in [0, 0.05) is 24.5 Å². The first kappa shape index (κ1) is 14.3. The highest BCUT2D eigenvalue weighted by molar-refractivity contribution is 5.23. The molecule has 2 nitrogen and oxygen atoms in total. The maximum atomic E-state index is 13.7. The molecule has 1 aromatic carbocycles. The molecule has 0 aromatic heterocycles. The lowest BCUT2D eigenvalue weighted by Crippen LogP contribution is -2.37. The average molecular weight is 276 g/mol. The van der Waals surface area contributed by atoms with Crippen molar-refractivity contribution in [1.29, 1.82) is 0 Å². The van der Waals surface area contributed by atoms with Crippen LogP contribution >= 0.6 is 0 Å². The molecule has 0 aliphatic heterocycles. The maximum absolute atomic E-state index is 13.7. The first-order valence-corrected chi connectivity index (χ1v) is 6.22. The Balaban J connectivity index is 2.16. The van der Waals surface area contributed by atoms with Crippen LogP contribution in [0.15, 0.2) is 18.2 Å². The molecule has 0 spiro atoms. The summed E-state index contributed by atoms with van der Waals surface area (Å²) < 4.78 is 52.8. The minimum atomic E-state index is -2.64. The zero-order chi connectivity index (χ0) is 14.0. The summed E-state index contributed by atoms with van der Waals surface area (Å²) in [6.45, 7) is 0. The lowest BCUT2D eigenvalue weighted by molar-refractivity contribution is -0.0498. The number of benzene rings is 1. The Kier molecular flexibility index (Phi) is 4.10. The summed E-state index contributed by atoms with van der Waals surface area (Å²) in [6.07, 6.45) is 0.0781. The minimum Gasteiger partial charge on any atom is -0.271 e. The van der Waals surface area contributed by atoms with Gasteiger partial charge in [0.15, 0.2) is 0 Å². The van der Waals surface area contributed by atoms with Crippen LogP contribution in [0.5, 0.6) is 0 Å². The number of hydrogen-bond donors (Lipinski definition) is 2. The second-order valence-corrected chi connectivity index (χ2v) is 5.00. The van der Waals surface area contributed by atoms with Crippen LogP contribution in [0.1, 0.15) is 37.3 Å². The largest absolute Gasteiger partial charge is 0.271 e. The van der Waals surface area contributed by atoms with Crippen LogP contribution in [0.4, 0.5) is 17.6 Å². The van der Waals surface area contributed by atoms with Crippen LogP contribution in [0.2, 0.25) is 0 Å². The predicted molar refractivity (Wildman–Crippen MR) is 63.3 cm³/mol. The molecular weight excluding hydrogens is 260 g/mol. The first-order chi connectivity index (χ1) is 8.93. The van der Waals surface area contributed by atoms with Crippen molar-refractivity contribution in [3.8, 4) is 0 Å². The summed E-state index contributed by atoms with van der Waals surface area (Å²) in [5, 5.41) is 0. The molecule has 2 rings (SSSR count). The Bertz CT molecular complexity index is 440. The Hall–Kier alpha value is -1.14. The third-order valence-corrected chi connectivity index (χ3v) is 3.71. The number of hydrogen-bond acceptors (Lipinski definition) is 2. The van der Waals surface area contributed by atoms with E-state index in [0.29, 0.717) is 0 Å². The summed E-state index contributed by atoms with van der Waals surface area (Å²) >= 11 is 0. The van der Waals surface area contributed by atoms with Crippen molar-refractivity contribution >= 4 is 0 Å². The molecule has 3 N–H and O–H groups in total. The molecule has 19 heavy (non-hydrogen) atoms. The number of halogens is 4. The van der Waals surface area contributed by atoms with Crippen LogP contribution in [-0.4, -0.2) is 5.92 Å². The van der Waals surface area contributed by atoms with Crippen LogP contribution < -0.4 is 11.3 Å². The number of nitrogens with one attached hydrogen (secondary N) is 1. The van der Waals surface area contributed by atoms with Crippen molar-refractivity contribution in [1.82, 2.24) is 5.43 Å². The van der Waals surface area contributed by atoms with Gasteiger partial charge in [0.25, 0.3) is 0 Å². The van der Waals surface area contributed by atoms with Gasteiger partial charge in [0.2, 0.25) is 5.92 Å². The SMILES string of the molecule is NNC(c1ccc(F)cc1F)C1CCC(F)(F)CC1. The van der Waals surface area contributed by atoms with Gasteiger partial charge in [0.1, 0.15) is 11.6 Å². The summed E-state index contributed by atoms with van der Waals surface area (Å²) in [5.41, 5.74) is 2.69. The highest BCUT2D eigenvalue weighted by atomic mass is 19.3. The third-order valence-electron chi connectivity index (χ3n) is 3.71. The van der Waals surface area contributed by atoms with Crippen LogP contribution in [-0.2, 0) is 0 Å². The molecule has 1 aliphatic rings. The van der Waals surface area contributed by atoms with E-state index in [1.165, 1.54) is 6.07 Å². The minimum absolute atomic E-state index is 0.176. The zero-order valence-corrected chi connectivity index (χ0v) is 10.3. The van der Waals surface area contributed by atoms with Crippen molar-refractivity contribution in [3.05, 3.63) is 35.4 Å². The van der Waals surface area contributed by atoms with Crippen molar-refractivity contribution in [2.24, 2.45) is 11.8 Å². The molecule has 0 heterocycles. The van der Waals surface area contributed by atoms with Gasteiger partial charge in [-0.3, -0.25) is 11.3 Å². The summed E-state index contributed by atoms with van der Waals surface area (Å²) in [7, 11) is 0. The number of rotatable bonds is 3. The zero-order valence-electron chi connectivity index (χ0n) is 10.3. The quantitative estimate of drug-likeness (QED) is 0.505. The summed E-state index contributed by atoms with van der Waals surface area (Å²) in [6, 6.07) is 2.65. The van der Waals surface area contributed by atoms with Crippen molar-refractivity contribution in [2.75, 3.05) is 0 Å². The molecule has 0 amide bonds. The van der Waals surface area contributed by atoms with E-state index in [0.717, 1.165) is 12.1 Å². The molecule has 1 unspecified atom stereocenters. The molecule has 0 saturated heterocycles. The molecule has 1 saturated carbocycles. The average Bonchev–Trinajstić information content (AvgIpc) is 2.34. The normalized spacial score (nSPS) is 21.3. The number of nitrogens with two attached hydrogens (primary N) is 1. The molecule has 1 atom stereocenters. The lowest BCUT2D eigenvalue weighted by atomic mass is 9.80. The summed E-state index contributed by atoms with van der Waals surface area (Å²) in [4.78, 5) is 0. The van der Waals surface area contributed by atoms with E-state index in [9.17, 15) is 17.6 Å². The van der Waals surface area contributed by atoms with Gasteiger partial charge in [0.05, 0.1) is 6.04 Å². The smallest absolute Gasteiger partial charge is 0.248 e. The number of hydrazine groups is 1. The van der Waals surface area contributed by atoms with E-state index in [-0.39, 0.29) is 37.2 Å². The van der Waals surface area contributed by atoms with Gasteiger partial charge in [-0.05, 0) is 24.8 Å². The molecule has 0 radical (unpaired) electrons. The van der Waals surface area contributed by atoms with E-state index < -0.39 is 23.6 Å². The molecular formula is C13H16F4N2. The van der Waals surface area contributed by atoms with Gasteiger partial charge in [-0.15, -0.1) is 0 Å². The Morgan fingerprint density at radius 3 is 2.37 bits per heavy atom. The Labute approximate surface area is 109 Å². The second kappa shape index (κ2) is 5.46. The van der Waals surface area contributed by atoms with E-state index in [4.69, 9.17) is 5.84 Å². The molecule has 1 aromatic rings. The second-order valence-electron chi connectivity index (χ2n) is 5.00. The van der Waals surface area contributed by atoms with Gasteiger partial charge < -0.3 is 0 Å².